The number of hydrogen-bond donors (Lipinski definition) is 0. The van der Waals surface area contributed by atoms with Crippen LogP contribution in [-0.4, -0.2) is 36.6 Å². The van der Waals surface area contributed by atoms with Gasteiger partial charge in [-0.05, 0) is 19.1 Å². The number of benzene rings is 1. The molecule has 1 saturated heterocycles. The first-order valence-corrected chi connectivity index (χ1v) is 6.84. The van der Waals surface area contributed by atoms with E-state index in [4.69, 9.17) is 11.3 Å². The van der Waals surface area contributed by atoms with Gasteiger partial charge in [0.05, 0.1) is 24.7 Å². The number of pyridine rings is 1. The van der Waals surface area contributed by atoms with Crippen LogP contribution in [0.15, 0.2) is 30.5 Å². The smallest absolute Gasteiger partial charge is 0.213 e. The van der Waals surface area contributed by atoms with Crippen LogP contribution < -0.4 is 4.90 Å². The minimum Gasteiger partial charge on any atom is -0.365 e. The molecular formula is C16H15N3O2. The Kier molecular flexibility index (Phi) is 3.55. The molecule has 0 spiro atoms. The molecule has 0 saturated carbocycles. The maximum Gasteiger partial charge on any atom is 0.213 e. The zero-order valence-corrected chi connectivity index (χ0v) is 11.7. The van der Waals surface area contributed by atoms with Crippen molar-refractivity contribution < 1.29 is 9.53 Å². The third-order valence-corrected chi connectivity index (χ3v) is 3.62. The molecule has 3 rings (SSSR count). The standard InChI is InChI=1S/C16H15N3O2/c1-11-8-19(9-12(10-20)21-11)15-6-5-14(17-2)16-13(15)4-3-7-18-16/h3-7,10-12H,8-9H2,1H3/t11-,12-/m1/s1. The zero-order chi connectivity index (χ0) is 14.8. The summed E-state index contributed by atoms with van der Waals surface area (Å²) in [6.45, 7) is 10.4. The molecule has 0 unspecified atom stereocenters. The van der Waals surface area contributed by atoms with Crippen molar-refractivity contribution in [3.8, 4) is 0 Å². The lowest BCUT2D eigenvalue weighted by molar-refractivity contribution is -0.122. The first kappa shape index (κ1) is 13.5. The molecule has 0 N–H and O–H groups in total. The second kappa shape index (κ2) is 5.51. The topological polar surface area (TPSA) is 46.8 Å². The van der Waals surface area contributed by atoms with Crippen LogP contribution in [0.1, 0.15) is 6.92 Å². The van der Waals surface area contributed by atoms with Gasteiger partial charge in [-0.3, -0.25) is 4.98 Å². The first-order valence-electron chi connectivity index (χ1n) is 6.84. The lowest BCUT2D eigenvalue weighted by Crippen LogP contribution is -2.47. The van der Waals surface area contributed by atoms with E-state index >= 15 is 0 Å². The van der Waals surface area contributed by atoms with E-state index in [-0.39, 0.29) is 6.10 Å². The molecule has 1 aliphatic heterocycles. The Morgan fingerprint density at radius 2 is 2.29 bits per heavy atom. The molecule has 2 atom stereocenters. The molecule has 0 amide bonds. The Morgan fingerprint density at radius 3 is 3.05 bits per heavy atom. The van der Waals surface area contributed by atoms with Crippen LogP contribution in [0.4, 0.5) is 11.4 Å². The number of aldehydes is 1. The summed E-state index contributed by atoms with van der Waals surface area (Å²) >= 11 is 0. The normalized spacial score (nSPS) is 22.0. The highest BCUT2D eigenvalue weighted by atomic mass is 16.5. The highest BCUT2D eigenvalue weighted by Gasteiger charge is 2.26. The fraction of sp³-hybridized carbons (Fsp3) is 0.312. The van der Waals surface area contributed by atoms with Crippen LogP contribution in [0, 0.1) is 6.57 Å². The molecule has 1 fully saturated rings. The molecule has 1 aromatic carbocycles. The van der Waals surface area contributed by atoms with E-state index < -0.39 is 6.10 Å². The van der Waals surface area contributed by atoms with E-state index in [2.05, 4.69) is 14.7 Å². The van der Waals surface area contributed by atoms with E-state index in [0.29, 0.717) is 24.3 Å². The summed E-state index contributed by atoms with van der Waals surface area (Å²) in [7, 11) is 0. The Balaban J connectivity index is 2.09. The summed E-state index contributed by atoms with van der Waals surface area (Å²) in [4.78, 5) is 21.0. The third-order valence-electron chi connectivity index (χ3n) is 3.62. The summed E-state index contributed by atoms with van der Waals surface area (Å²) in [6, 6.07) is 7.54. The number of ether oxygens (including phenoxy) is 1. The fourth-order valence-corrected chi connectivity index (χ4v) is 2.77. The highest BCUT2D eigenvalue weighted by molar-refractivity contribution is 5.99. The van der Waals surface area contributed by atoms with Crippen LogP contribution in [0.5, 0.6) is 0 Å². The quantitative estimate of drug-likeness (QED) is 0.627. The van der Waals surface area contributed by atoms with E-state index in [1.807, 2.05) is 25.1 Å². The van der Waals surface area contributed by atoms with Crippen molar-refractivity contribution in [1.29, 1.82) is 0 Å². The van der Waals surface area contributed by atoms with Crippen molar-refractivity contribution in [2.45, 2.75) is 19.1 Å². The van der Waals surface area contributed by atoms with Crippen molar-refractivity contribution >= 4 is 28.6 Å². The number of fused-ring (bicyclic) bond motifs is 1. The van der Waals surface area contributed by atoms with Gasteiger partial charge >= 0.3 is 0 Å². The van der Waals surface area contributed by atoms with Gasteiger partial charge in [-0.1, -0.05) is 12.1 Å². The van der Waals surface area contributed by atoms with Gasteiger partial charge in [-0.2, -0.15) is 0 Å². The predicted molar refractivity (Wildman–Crippen MR) is 80.6 cm³/mol. The molecule has 0 bridgehead atoms. The van der Waals surface area contributed by atoms with Crippen molar-refractivity contribution in [2.75, 3.05) is 18.0 Å². The number of aromatic nitrogens is 1. The third kappa shape index (κ3) is 2.46. The van der Waals surface area contributed by atoms with Crippen molar-refractivity contribution in [1.82, 2.24) is 4.98 Å². The number of anilines is 1. The summed E-state index contributed by atoms with van der Waals surface area (Å²) in [5, 5.41) is 0.935. The number of carbonyl (C=O) groups is 1. The second-order valence-corrected chi connectivity index (χ2v) is 5.14. The average Bonchev–Trinajstić information content (AvgIpc) is 2.53. The molecular weight excluding hydrogens is 266 g/mol. The number of hydrogen-bond acceptors (Lipinski definition) is 4. The summed E-state index contributed by atoms with van der Waals surface area (Å²) < 4.78 is 5.57. The highest BCUT2D eigenvalue weighted by Crippen LogP contribution is 2.33. The molecule has 5 nitrogen and oxygen atoms in total. The molecule has 2 aromatic rings. The number of morpholine rings is 1. The van der Waals surface area contributed by atoms with Crippen LogP contribution in [-0.2, 0) is 9.53 Å². The van der Waals surface area contributed by atoms with Gasteiger partial charge in [0.15, 0.2) is 6.29 Å². The summed E-state index contributed by atoms with van der Waals surface area (Å²) in [5.74, 6) is 0. The van der Waals surface area contributed by atoms with Gasteiger partial charge in [0.2, 0.25) is 5.69 Å². The Hall–Kier alpha value is -2.45. The molecule has 0 radical (unpaired) electrons. The monoisotopic (exact) mass is 281 g/mol. The molecule has 1 aliphatic rings. The molecule has 5 heteroatoms. The van der Waals surface area contributed by atoms with Crippen molar-refractivity contribution in [2.24, 2.45) is 0 Å². The van der Waals surface area contributed by atoms with E-state index in [0.717, 1.165) is 17.4 Å². The Labute approximate surface area is 123 Å². The minimum atomic E-state index is -0.416. The molecule has 21 heavy (non-hydrogen) atoms. The largest absolute Gasteiger partial charge is 0.365 e. The number of carbonyl (C=O) groups excluding carboxylic acids is 1. The number of nitrogens with zero attached hydrogens (tertiary/aromatic N) is 3. The van der Waals surface area contributed by atoms with E-state index in [1.54, 1.807) is 12.3 Å². The second-order valence-electron chi connectivity index (χ2n) is 5.14. The minimum absolute atomic E-state index is 0.0128. The molecule has 1 aromatic heterocycles. The number of rotatable bonds is 2. The first-order chi connectivity index (χ1) is 10.2. The van der Waals surface area contributed by atoms with Crippen molar-refractivity contribution in [3.05, 3.63) is 41.9 Å². The maximum atomic E-state index is 11.0. The predicted octanol–water partition coefficient (Wildman–Crippen LogP) is 2.58. The maximum absolute atomic E-state index is 11.0. The lowest BCUT2D eigenvalue weighted by atomic mass is 10.1. The fourth-order valence-electron chi connectivity index (χ4n) is 2.77. The average molecular weight is 281 g/mol. The van der Waals surface area contributed by atoms with Gasteiger partial charge in [0.25, 0.3) is 0 Å². The van der Waals surface area contributed by atoms with Crippen LogP contribution in [0.2, 0.25) is 0 Å². The van der Waals surface area contributed by atoms with Crippen molar-refractivity contribution in [3.63, 3.8) is 0 Å². The van der Waals surface area contributed by atoms with Gasteiger partial charge in [0, 0.05) is 23.8 Å². The van der Waals surface area contributed by atoms with Gasteiger partial charge in [0.1, 0.15) is 6.10 Å². The van der Waals surface area contributed by atoms with Gasteiger partial charge in [-0.15, -0.1) is 0 Å². The molecule has 0 aliphatic carbocycles. The van der Waals surface area contributed by atoms with E-state index in [9.17, 15) is 4.79 Å². The van der Waals surface area contributed by atoms with Gasteiger partial charge in [-0.25, -0.2) is 4.85 Å². The molecule has 2 heterocycles. The molecule has 106 valence electrons. The van der Waals surface area contributed by atoms with Gasteiger partial charge < -0.3 is 14.4 Å². The zero-order valence-electron chi connectivity index (χ0n) is 11.7. The van der Waals surface area contributed by atoms with Crippen LogP contribution in [0.25, 0.3) is 15.7 Å². The lowest BCUT2D eigenvalue weighted by Gasteiger charge is -2.36. The van der Waals surface area contributed by atoms with Crippen LogP contribution in [0.3, 0.4) is 0 Å². The Morgan fingerprint density at radius 1 is 1.43 bits per heavy atom. The summed E-state index contributed by atoms with van der Waals surface area (Å²) in [5.41, 5.74) is 2.24. The van der Waals surface area contributed by atoms with E-state index in [1.165, 1.54) is 0 Å². The SMILES string of the molecule is [C-]#[N+]c1ccc(N2C[C@@H](C)O[C@@H](C=O)C2)c2cccnc12. The summed E-state index contributed by atoms with van der Waals surface area (Å²) in [6.07, 6.45) is 2.11. The van der Waals surface area contributed by atoms with Crippen LogP contribution >= 0.6 is 0 Å². The Bertz CT molecular complexity index is 723.